The normalized spacial score (nSPS) is 14.7. The van der Waals surface area contributed by atoms with Crippen LogP contribution in [0.4, 0.5) is 0 Å². The van der Waals surface area contributed by atoms with Crippen LogP contribution in [0.1, 0.15) is 43.1 Å². The Balaban J connectivity index is 1.44. The Hall–Kier alpha value is -3.54. The second-order valence-corrected chi connectivity index (χ2v) is 9.01. The molecule has 0 saturated carbocycles. The van der Waals surface area contributed by atoms with E-state index >= 15 is 0 Å². The number of nitrogens with one attached hydrogen (secondary N) is 3. The molecule has 10 nitrogen and oxygen atoms in total. The highest BCUT2D eigenvalue weighted by molar-refractivity contribution is 7.15. The summed E-state index contributed by atoms with van der Waals surface area (Å²) < 4.78 is 6.71. The minimum Gasteiger partial charge on any atom is -0.379 e. The van der Waals surface area contributed by atoms with E-state index in [2.05, 4.69) is 21.1 Å². The number of hydrazine groups is 1. The van der Waals surface area contributed by atoms with Crippen molar-refractivity contribution in [3.63, 3.8) is 0 Å². The largest absolute Gasteiger partial charge is 0.379 e. The number of aryl methyl sites for hydroxylation is 2. The zero-order valence-electron chi connectivity index (χ0n) is 19.2. The number of hydrazone groups is 1. The Morgan fingerprint density at radius 2 is 1.68 bits per heavy atom. The molecule has 2 amide bonds. The predicted molar refractivity (Wildman–Crippen MR) is 130 cm³/mol. The fourth-order valence-corrected chi connectivity index (χ4v) is 4.34. The van der Waals surface area contributed by atoms with Crippen molar-refractivity contribution in [1.29, 1.82) is 0 Å². The quantitative estimate of drug-likeness (QED) is 0.367. The van der Waals surface area contributed by atoms with Crippen molar-refractivity contribution in [2.75, 3.05) is 26.3 Å². The Morgan fingerprint density at radius 1 is 1.03 bits per heavy atom. The summed E-state index contributed by atoms with van der Waals surface area (Å²) in [5.74, 6) is -0.730. The highest BCUT2D eigenvalue weighted by Crippen LogP contribution is 2.17. The van der Waals surface area contributed by atoms with E-state index in [1.807, 2.05) is 31.2 Å². The molecular formula is C23H26N6O4S. The molecule has 0 radical (unpaired) electrons. The smallest absolute Gasteiger partial charge is 0.281 e. The lowest BCUT2D eigenvalue weighted by molar-refractivity contribution is 0.0127. The fraction of sp³-hybridized carbons (Fsp3) is 0.304. The van der Waals surface area contributed by atoms with Crippen LogP contribution < -0.4 is 16.4 Å². The molecule has 0 spiro atoms. The lowest BCUT2D eigenvalue weighted by atomic mass is 10.2. The van der Waals surface area contributed by atoms with Crippen LogP contribution in [0.3, 0.4) is 0 Å². The van der Waals surface area contributed by atoms with Crippen LogP contribution in [0.15, 0.2) is 46.3 Å². The number of aromatic nitrogens is 2. The molecule has 11 heteroatoms. The Bertz CT molecular complexity index is 1280. The van der Waals surface area contributed by atoms with Crippen molar-refractivity contribution in [2.24, 2.45) is 5.10 Å². The Labute approximate surface area is 200 Å². The van der Waals surface area contributed by atoms with E-state index in [9.17, 15) is 14.4 Å². The van der Waals surface area contributed by atoms with E-state index < -0.39 is 5.91 Å². The molecule has 3 heterocycles. The van der Waals surface area contributed by atoms with Gasteiger partial charge in [0, 0.05) is 18.8 Å². The van der Waals surface area contributed by atoms with Gasteiger partial charge in [0.15, 0.2) is 0 Å². The lowest BCUT2D eigenvalue weighted by Crippen LogP contribution is -2.48. The summed E-state index contributed by atoms with van der Waals surface area (Å²) in [6, 6.07) is 10.7. The molecule has 0 unspecified atom stereocenters. The van der Waals surface area contributed by atoms with Gasteiger partial charge in [0.1, 0.15) is 0 Å². The number of carbonyl (C=O) groups is 2. The molecule has 0 bridgehead atoms. The van der Waals surface area contributed by atoms with Gasteiger partial charge in [-0.2, -0.15) is 5.10 Å². The van der Waals surface area contributed by atoms with Crippen molar-refractivity contribution >= 4 is 28.9 Å². The highest BCUT2D eigenvalue weighted by Gasteiger charge is 2.19. The molecule has 1 saturated heterocycles. The lowest BCUT2D eigenvalue weighted by Gasteiger charge is -2.26. The molecule has 1 fully saturated rings. The fourth-order valence-electron chi connectivity index (χ4n) is 3.55. The number of thiophene rings is 1. The van der Waals surface area contributed by atoms with Crippen molar-refractivity contribution in [3.8, 4) is 5.69 Å². The number of carbonyl (C=O) groups excluding carboxylic acids is 2. The van der Waals surface area contributed by atoms with Gasteiger partial charge in [0.2, 0.25) is 0 Å². The van der Waals surface area contributed by atoms with E-state index in [0.717, 1.165) is 16.9 Å². The first-order valence-electron chi connectivity index (χ1n) is 10.8. The molecule has 34 heavy (non-hydrogen) atoms. The number of nitrogens with zero attached hydrogens (tertiary/aromatic N) is 3. The summed E-state index contributed by atoms with van der Waals surface area (Å²) in [4.78, 5) is 38.7. The summed E-state index contributed by atoms with van der Waals surface area (Å²) in [5, 5.41) is 8.98. The molecule has 4 rings (SSSR count). The molecular weight excluding hydrogens is 456 g/mol. The zero-order chi connectivity index (χ0) is 24.2. The third kappa shape index (κ3) is 5.16. The number of amides is 2. The third-order valence-electron chi connectivity index (χ3n) is 5.37. The number of rotatable bonds is 6. The van der Waals surface area contributed by atoms with Gasteiger partial charge in [-0.1, -0.05) is 17.7 Å². The van der Waals surface area contributed by atoms with E-state index in [4.69, 9.17) is 4.74 Å². The number of benzene rings is 1. The van der Waals surface area contributed by atoms with Gasteiger partial charge in [-0.25, -0.2) is 15.1 Å². The van der Waals surface area contributed by atoms with Crippen LogP contribution in [-0.4, -0.2) is 58.6 Å². The van der Waals surface area contributed by atoms with Crippen LogP contribution in [0.5, 0.6) is 0 Å². The standard InChI is InChI=1S/C23H26N6O4S/c1-14-4-6-17(7-5-14)29-23(32)20(16(3)26-29)15(2)24-25-21(30)18-8-9-19(34-18)22(31)27-28-10-12-33-13-11-28/h4-9,26H,10-13H2,1-3H3,(H,25,30)(H,27,31)/b24-15+. The van der Waals surface area contributed by atoms with Crippen molar-refractivity contribution in [2.45, 2.75) is 20.8 Å². The summed E-state index contributed by atoms with van der Waals surface area (Å²) in [6.07, 6.45) is 0. The second kappa shape index (κ2) is 10.2. The first-order chi connectivity index (χ1) is 16.3. The third-order valence-corrected chi connectivity index (χ3v) is 6.46. The van der Waals surface area contributed by atoms with E-state index in [1.54, 1.807) is 31.0 Å². The molecule has 0 atom stereocenters. The first-order valence-corrected chi connectivity index (χ1v) is 11.6. The van der Waals surface area contributed by atoms with Crippen molar-refractivity contribution < 1.29 is 14.3 Å². The molecule has 3 N–H and O–H groups in total. The minimum atomic E-state index is -0.457. The molecule has 178 valence electrons. The maximum atomic E-state index is 13.0. The number of aromatic amines is 1. The molecule has 1 aromatic carbocycles. The van der Waals surface area contributed by atoms with Crippen LogP contribution in [0.2, 0.25) is 0 Å². The number of morpholine rings is 1. The van der Waals surface area contributed by atoms with E-state index in [-0.39, 0.29) is 11.5 Å². The highest BCUT2D eigenvalue weighted by atomic mass is 32.1. The second-order valence-electron chi connectivity index (χ2n) is 7.93. The Morgan fingerprint density at radius 3 is 2.35 bits per heavy atom. The van der Waals surface area contributed by atoms with E-state index in [0.29, 0.717) is 58.7 Å². The topological polar surface area (TPSA) is 121 Å². The summed E-state index contributed by atoms with van der Waals surface area (Å²) in [6.45, 7) is 7.77. The van der Waals surface area contributed by atoms with Crippen molar-refractivity contribution in [3.05, 3.63) is 73.3 Å². The van der Waals surface area contributed by atoms with Crippen molar-refractivity contribution in [1.82, 2.24) is 25.6 Å². The number of ether oxygens (including phenoxy) is 1. The zero-order valence-corrected chi connectivity index (χ0v) is 20.0. The van der Waals surface area contributed by atoms with Crippen LogP contribution in [0, 0.1) is 13.8 Å². The SMILES string of the molecule is C/C(=N\NC(=O)c1ccc(C(=O)NN2CCOCC2)s1)c1c(C)[nH]n(-c2ccc(C)cc2)c1=O. The van der Waals surface area contributed by atoms with Gasteiger partial charge in [-0.15, -0.1) is 11.3 Å². The minimum absolute atomic E-state index is 0.255. The number of H-pyrrole nitrogens is 1. The van der Waals surface area contributed by atoms with Gasteiger partial charge < -0.3 is 4.74 Å². The molecule has 2 aromatic heterocycles. The summed E-state index contributed by atoms with van der Waals surface area (Å²) in [7, 11) is 0. The average Bonchev–Trinajstić information content (AvgIpc) is 3.43. The van der Waals surface area contributed by atoms with Crippen LogP contribution in [-0.2, 0) is 4.74 Å². The van der Waals surface area contributed by atoms with Gasteiger partial charge in [0.05, 0.1) is 39.9 Å². The average molecular weight is 483 g/mol. The number of hydrogen-bond acceptors (Lipinski definition) is 7. The molecule has 1 aliphatic heterocycles. The maximum absolute atomic E-state index is 13.0. The van der Waals surface area contributed by atoms with Gasteiger partial charge in [-0.3, -0.25) is 24.9 Å². The maximum Gasteiger partial charge on any atom is 0.281 e. The van der Waals surface area contributed by atoms with Crippen LogP contribution in [0.25, 0.3) is 5.69 Å². The van der Waals surface area contributed by atoms with Gasteiger partial charge in [-0.05, 0) is 45.0 Å². The summed E-state index contributed by atoms with van der Waals surface area (Å²) in [5.41, 5.74) is 8.25. The summed E-state index contributed by atoms with van der Waals surface area (Å²) >= 11 is 1.07. The van der Waals surface area contributed by atoms with Gasteiger partial charge >= 0.3 is 0 Å². The van der Waals surface area contributed by atoms with Gasteiger partial charge in [0.25, 0.3) is 17.4 Å². The molecule has 0 aliphatic carbocycles. The van der Waals surface area contributed by atoms with Crippen LogP contribution >= 0.6 is 11.3 Å². The molecule has 1 aliphatic rings. The monoisotopic (exact) mass is 482 g/mol. The number of hydrogen-bond donors (Lipinski definition) is 3. The predicted octanol–water partition coefficient (Wildman–Crippen LogP) is 1.97. The first kappa shape index (κ1) is 23.6. The van der Waals surface area contributed by atoms with E-state index in [1.165, 1.54) is 4.68 Å². The Kier molecular flexibility index (Phi) is 7.06. The molecule has 3 aromatic rings.